The molecule has 0 aliphatic rings. The molecule has 0 rings (SSSR count). The van der Waals surface area contributed by atoms with Gasteiger partial charge in [-0.25, -0.2) is 4.79 Å². The Morgan fingerprint density at radius 3 is 2.50 bits per heavy atom. The van der Waals surface area contributed by atoms with Crippen LogP contribution in [0.15, 0.2) is 0 Å². The van der Waals surface area contributed by atoms with Gasteiger partial charge in [0.05, 0.1) is 20.1 Å². The van der Waals surface area contributed by atoms with E-state index in [0.29, 0.717) is 32.9 Å². The Bertz CT molecular complexity index is 279. The van der Waals surface area contributed by atoms with Crippen LogP contribution in [0.5, 0.6) is 0 Å². The van der Waals surface area contributed by atoms with Crippen molar-refractivity contribution in [2.75, 3.05) is 39.5 Å². The second-order valence-corrected chi connectivity index (χ2v) is 3.80. The van der Waals surface area contributed by atoms with Crippen LogP contribution in [-0.2, 0) is 19.1 Å². The van der Waals surface area contributed by atoms with Gasteiger partial charge in [0.25, 0.3) is 0 Å². The molecule has 6 heteroatoms. The van der Waals surface area contributed by atoms with Crippen LogP contribution in [0.2, 0.25) is 0 Å². The predicted octanol–water partition coefficient (Wildman–Crippen LogP) is -0.195. The Balaban J connectivity index is 3.28. The zero-order chi connectivity index (χ0) is 13.8. The molecule has 1 N–H and O–H groups in total. The summed E-state index contributed by atoms with van der Waals surface area (Å²) in [5, 5.41) is 2.70. The summed E-state index contributed by atoms with van der Waals surface area (Å²) in [6.45, 7) is 9.32. The molecule has 0 aromatic carbocycles. The molecule has 0 spiro atoms. The number of hydrogen-bond donors (Lipinski definition) is 1. The summed E-state index contributed by atoms with van der Waals surface area (Å²) < 4.78 is 11.7. The first kappa shape index (κ1) is 16.7. The number of amides is 2. The highest BCUT2D eigenvalue weighted by Crippen LogP contribution is 1.82. The monoisotopic (exact) mass is 259 g/mol. The maximum absolute atomic E-state index is 11.1. The molecule has 0 aromatic rings. The van der Waals surface area contributed by atoms with Gasteiger partial charge in [-0.1, -0.05) is 6.92 Å². The Morgan fingerprint density at radius 1 is 1.22 bits per heavy atom. The molecule has 0 aliphatic carbocycles. The van der Waals surface area contributed by atoms with E-state index in [2.05, 4.69) is 12.0 Å². The van der Waals surface area contributed by atoms with Crippen LogP contribution >= 0.6 is 0 Å². The predicted molar refractivity (Wildman–Crippen MR) is 67.9 cm³/mol. The summed E-state index contributed by atoms with van der Waals surface area (Å²) in [6, 6.07) is 0. The van der Waals surface area contributed by atoms with Crippen LogP contribution in [0.1, 0.15) is 20.3 Å². The van der Waals surface area contributed by atoms with Crippen molar-refractivity contribution in [1.82, 2.24) is 5.32 Å². The lowest BCUT2D eigenvalue weighted by molar-refractivity contribution is -0.443. The van der Waals surface area contributed by atoms with Gasteiger partial charge in [-0.15, -0.1) is 0 Å². The molecule has 104 valence electrons. The van der Waals surface area contributed by atoms with E-state index in [1.807, 2.05) is 6.92 Å². The molecule has 0 aliphatic heterocycles. The second kappa shape index (κ2) is 10.9. The molecule has 0 saturated heterocycles. The minimum Gasteiger partial charge on any atom is -0.372 e. The van der Waals surface area contributed by atoms with Crippen LogP contribution < -0.4 is 5.32 Å². The van der Waals surface area contributed by atoms with Gasteiger partial charge < -0.3 is 14.8 Å². The van der Waals surface area contributed by atoms with Crippen molar-refractivity contribution in [3.8, 4) is 0 Å². The summed E-state index contributed by atoms with van der Waals surface area (Å²) in [7, 11) is 0. The van der Waals surface area contributed by atoms with E-state index in [4.69, 9.17) is 9.47 Å². The molecule has 0 unspecified atom stereocenters. The van der Waals surface area contributed by atoms with Crippen molar-refractivity contribution >= 4 is 18.5 Å². The zero-order valence-electron chi connectivity index (χ0n) is 11.2. The third-order valence-electron chi connectivity index (χ3n) is 2.13. The van der Waals surface area contributed by atoms with E-state index < -0.39 is 0 Å². The average Bonchev–Trinajstić information content (AvgIpc) is 2.34. The SMILES string of the molecule is C=[N+](CCOCCOCC(=O)NCCC)C(C)=O. The van der Waals surface area contributed by atoms with E-state index in [9.17, 15) is 9.59 Å². The lowest BCUT2D eigenvalue weighted by Crippen LogP contribution is -2.28. The molecule has 0 radical (unpaired) electrons. The molecule has 2 amide bonds. The highest BCUT2D eigenvalue weighted by molar-refractivity contribution is 5.77. The minimum absolute atomic E-state index is 0.0538. The second-order valence-electron chi connectivity index (χ2n) is 3.80. The van der Waals surface area contributed by atoms with Crippen LogP contribution in [0, 0.1) is 0 Å². The number of rotatable bonds is 10. The molecule has 0 fully saturated rings. The smallest absolute Gasteiger partial charge is 0.372 e. The minimum atomic E-state index is -0.114. The average molecular weight is 259 g/mol. The number of nitrogens with one attached hydrogen (secondary N) is 1. The number of carbonyl (C=O) groups is 2. The van der Waals surface area contributed by atoms with Gasteiger partial charge in [0, 0.05) is 6.54 Å². The Hall–Kier alpha value is -1.27. The summed E-state index contributed by atoms with van der Waals surface area (Å²) in [6.07, 6.45) is 0.909. The third-order valence-corrected chi connectivity index (χ3v) is 2.13. The van der Waals surface area contributed by atoms with Gasteiger partial charge in [0.2, 0.25) is 5.91 Å². The van der Waals surface area contributed by atoms with E-state index in [0.717, 1.165) is 6.42 Å². The quantitative estimate of drug-likeness (QED) is 0.335. The van der Waals surface area contributed by atoms with Crippen LogP contribution in [-0.4, -0.2) is 62.6 Å². The van der Waals surface area contributed by atoms with Gasteiger partial charge in [0.15, 0.2) is 6.54 Å². The lowest BCUT2D eigenvalue weighted by Gasteiger charge is -2.05. The van der Waals surface area contributed by atoms with Crippen molar-refractivity contribution in [2.24, 2.45) is 0 Å². The van der Waals surface area contributed by atoms with Crippen LogP contribution in [0.3, 0.4) is 0 Å². The molecule has 6 nitrogen and oxygen atoms in total. The summed E-state index contributed by atoms with van der Waals surface area (Å²) in [4.78, 5) is 21.9. The number of nitrogens with zero attached hydrogens (tertiary/aromatic N) is 1. The first-order valence-corrected chi connectivity index (χ1v) is 6.08. The van der Waals surface area contributed by atoms with Gasteiger partial charge in [-0.3, -0.25) is 4.79 Å². The van der Waals surface area contributed by atoms with E-state index in [1.165, 1.54) is 11.5 Å². The van der Waals surface area contributed by atoms with Gasteiger partial charge in [-0.2, -0.15) is 4.58 Å². The maximum atomic E-state index is 11.1. The molecule has 0 aromatic heterocycles. The van der Waals surface area contributed by atoms with Crippen LogP contribution in [0.25, 0.3) is 0 Å². The first-order valence-electron chi connectivity index (χ1n) is 6.08. The number of ether oxygens (including phenoxy) is 2. The normalized spacial score (nSPS) is 10.1. The Kier molecular flexibility index (Phi) is 10.1. The topological polar surface area (TPSA) is 67.6 Å². The van der Waals surface area contributed by atoms with Gasteiger partial charge in [-0.05, 0) is 6.42 Å². The fourth-order valence-electron chi connectivity index (χ4n) is 1.03. The number of hydrogen-bond acceptors (Lipinski definition) is 4. The largest absolute Gasteiger partial charge is 0.383 e. The van der Waals surface area contributed by atoms with Crippen molar-refractivity contribution in [2.45, 2.75) is 20.3 Å². The molecule has 0 heterocycles. The van der Waals surface area contributed by atoms with Crippen molar-refractivity contribution in [3.63, 3.8) is 0 Å². The van der Waals surface area contributed by atoms with E-state index in [1.54, 1.807) is 0 Å². The lowest BCUT2D eigenvalue weighted by atomic mass is 10.5. The summed E-state index contributed by atoms with van der Waals surface area (Å²) in [5.41, 5.74) is 0. The van der Waals surface area contributed by atoms with Crippen LogP contribution in [0.4, 0.5) is 0 Å². The Labute approximate surface area is 108 Å². The molecule has 0 atom stereocenters. The summed E-state index contributed by atoms with van der Waals surface area (Å²) >= 11 is 0. The van der Waals surface area contributed by atoms with Crippen molar-refractivity contribution in [1.29, 1.82) is 0 Å². The highest BCUT2D eigenvalue weighted by atomic mass is 16.5. The molecule has 0 saturated carbocycles. The summed E-state index contributed by atoms with van der Waals surface area (Å²) in [5.74, 6) is -0.209. The van der Waals surface area contributed by atoms with Crippen molar-refractivity contribution in [3.05, 3.63) is 0 Å². The van der Waals surface area contributed by atoms with Gasteiger partial charge in [0.1, 0.15) is 19.9 Å². The highest BCUT2D eigenvalue weighted by Gasteiger charge is 2.06. The Morgan fingerprint density at radius 2 is 1.89 bits per heavy atom. The number of carbonyl (C=O) groups excluding carboxylic acids is 2. The van der Waals surface area contributed by atoms with Gasteiger partial charge >= 0.3 is 5.91 Å². The molecule has 18 heavy (non-hydrogen) atoms. The molecular formula is C12H23N2O4+. The maximum Gasteiger partial charge on any atom is 0.383 e. The third kappa shape index (κ3) is 9.92. The first-order chi connectivity index (χ1) is 8.57. The van der Waals surface area contributed by atoms with Crippen molar-refractivity contribution < 1.29 is 23.6 Å². The molecule has 0 bridgehead atoms. The standard InChI is InChI=1S/C12H22N2O4/c1-4-5-13-12(16)10-18-9-8-17-7-6-14(3)11(2)15/h3-10H2,1-2H3/p+1. The zero-order valence-corrected chi connectivity index (χ0v) is 11.2. The van der Waals surface area contributed by atoms with E-state index >= 15 is 0 Å². The fourth-order valence-corrected chi connectivity index (χ4v) is 1.03. The molecular weight excluding hydrogens is 236 g/mol. The fraction of sp³-hybridized carbons (Fsp3) is 0.750. The van der Waals surface area contributed by atoms with E-state index in [-0.39, 0.29) is 18.4 Å².